The first-order chi connectivity index (χ1) is 12.8. The summed E-state index contributed by atoms with van der Waals surface area (Å²) >= 11 is 0.904. The van der Waals surface area contributed by atoms with E-state index in [-0.39, 0.29) is 23.9 Å². The molecule has 0 radical (unpaired) electrons. The summed E-state index contributed by atoms with van der Waals surface area (Å²) in [4.78, 5) is 22.7. The van der Waals surface area contributed by atoms with Gasteiger partial charge in [-0.25, -0.2) is 0 Å². The van der Waals surface area contributed by atoms with Crippen LogP contribution in [0.25, 0.3) is 0 Å². The van der Waals surface area contributed by atoms with E-state index < -0.39 is 49.4 Å². The maximum atomic E-state index is 11.6. The normalized spacial score (nSPS) is 29.3. The third-order valence-corrected chi connectivity index (χ3v) is 4.97. The molecule has 1 aliphatic rings. The van der Waals surface area contributed by atoms with Crippen molar-refractivity contribution in [1.29, 1.82) is 0 Å². The number of unbranched alkanes of at least 4 members (excludes halogenated alkanes) is 2. The van der Waals surface area contributed by atoms with Gasteiger partial charge in [0.2, 0.25) is 0 Å². The molecule has 1 heterocycles. The van der Waals surface area contributed by atoms with E-state index in [0.717, 1.165) is 24.6 Å². The molecule has 6 atom stereocenters. The highest BCUT2D eigenvalue weighted by atomic mass is 32.2. The minimum atomic E-state index is -1.56. The second kappa shape index (κ2) is 12.7. The molecule has 158 valence electrons. The zero-order valence-corrected chi connectivity index (χ0v) is 16.5. The summed E-state index contributed by atoms with van der Waals surface area (Å²) in [5.74, 6) is -0.349. The van der Waals surface area contributed by atoms with Crippen LogP contribution in [0.15, 0.2) is 0 Å². The fourth-order valence-electron chi connectivity index (χ4n) is 2.47. The number of aliphatic hydroxyl groups is 4. The van der Waals surface area contributed by atoms with Crippen LogP contribution >= 0.6 is 11.8 Å². The van der Waals surface area contributed by atoms with Crippen LogP contribution in [0.2, 0.25) is 0 Å². The molecule has 10 heteroatoms. The van der Waals surface area contributed by atoms with Crippen molar-refractivity contribution in [2.45, 2.75) is 76.3 Å². The molecule has 0 aromatic carbocycles. The smallest absolute Gasteiger partial charge is 0.305 e. The monoisotopic (exact) mass is 410 g/mol. The number of rotatable bonds is 11. The summed E-state index contributed by atoms with van der Waals surface area (Å²) in [6, 6.07) is 0. The number of hydrogen-bond donors (Lipinski definition) is 4. The lowest BCUT2D eigenvalue weighted by molar-refractivity contribution is -0.307. The Morgan fingerprint density at radius 1 is 1.15 bits per heavy atom. The second-order valence-electron chi connectivity index (χ2n) is 6.40. The number of carbonyl (C=O) groups excluding carboxylic acids is 2. The van der Waals surface area contributed by atoms with Crippen LogP contribution in [0.4, 0.5) is 0 Å². The van der Waals surface area contributed by atoms with Gasteiger partial charge in [0.25, 0.3) is 0 Å². The largest absolute Gasteiger partial charge is 0.463 e. The molecule has 4 N–H and O–H groups in total. The van der Waals surface area contributed by atoms with Crippen molar-refractivity contribution in [3.05, 3.63) is 0 Å². The molecule has 1 rings (SSSR count). The Kier molecular flexibility index (Phi) is 11.4. The fourth-order valence-corrected chi connectivity index (χ4v) is 3.14. The van der Waals surface area contributed by atoms with Gasteiger partial charge in [0, 0.05) is 19.1 Å². The molecule has 0 amide bonds. The summed E-state index contributed by atoms with van der Waals surface area (Å²) in [6.45, 7) is 2.64. The van der Waals surface area contributed by atoms with Gasteiger partial charge in [-0.15, -0.1) is 0 Å². The Morgan fingerprint density at radius 3 is 2.44 bits per heavy atom. The van der Waals surface area contributed by atoms with Crippen LogP contribution in [-0.4, -0.2) is 87.3 Å². The topological polar surface area (TPSA) is 143 Å². The van der Waals surface area contributed by atoms with Crippen LogP contribution in [0, 0.1) is 0 Å². The maximum Gasteiger partial charge on any atom is 0.305 e. The number of carbonyl (C=O) groups is 2. The number of hydrogen-bond acceptors (Lipinski definition) is 10. The predicted molar refractivity (Wildman–Crippen MR) is 96.9 cm³/mol. The van der Waals surface area contributed by atoms with Crippen LogP contribution < -0.4 is 0 Å². The number of esters is 1. The minimum Gasteiger partial charge on any atom is -0.463 e. The van der Waals surface area contributed by atoms with Crippen molar-refractivity contribution in [2.75, 3.05) is 19.0 Å². The van der Waals surface area contributed by atoms with Gasteiger partial charge in [0.05, 0.1) is 12.7 Å². The summed E-state index contributed by atoms with van der Waals surface area (Å²) < 4.78 is 15.9. The van der Waals surface area contributed by atoms with E-state index in [1.165, 1.54) is 6.92 Å². The van der Waals surface area contributed by atoms with Gasteiger partial charge in [-0.2, -0.15) is 0 Å². The molecule has 0 saturated carbocycles. The van der Waals surface area contributed by atoms with Gasteiger partial charge in [-0.05, 0) is 6.42 Å². The Hall–Kier alpha value is -0.750. The molecule has 1 fully saturated rings. The number of aliphatic hydroxyl groups excluding tert-OH is 4. The first kappa shape index (κ1) is 24.3. The van der Waals surface area contributed by atoms with E-state index in [4.69, 9.17) is 14.2 Å². The van der Waals surface area contributed by atoms with Crippen molar-refractivity contribution >= 4 is 22.8 Å². The van der Waals surface area contributed by atoms with Gasteiger partial charge in [-0.1, -0.05) is 31.5 Å². The van der Waals surface area contributed by atoms with E-state index in [2.05, 4.69) is 0 Å². The molecule has 1 aliphatic heterocycles. The molecule has 27 heavy (non-hydrogen) atoms. The average Bonchev–Trinajstić information content (AvgIpc) is 2.64. The Balaban J connectivity index is 2.55. The van der Waals surface area contributed by atoms with E-state index in [0.29, 0.717) is 6.42 Å². The molecular formula is C17H30O9S. The molecule has 1 saturated heterocycles. The molecule has 0 aliphatic carbocycles. The number of ether oxygens (including phenoxy) is 3. The molecule has 0 spiro atoms. The average molecular weight is 410 g/mol. The van der Waals surface area contributed by atoms with Gasteiger partial charge < -0.3 is 34.6 Å². The fraction of sp³-hybridized carbons (Fsp3) is 0.882. The molecular weight excluding hydrogens is 380 g/mol. The summed E-state index contributed by atoms with van der Waals surface area (Å²) in [6.07, 6.45) is -4.89. The van der Waals surface area contributed by atoms with Crippen molar-refractivity contribution in [1.82, 2.24) is 0 Å². The highest BCUT2D eigenvalue weighted by Gasteiger charge is 2.45. The molecule has 9 nitrogen and oxygen atoms in total. The predicted octanol–water partition coefficient (Wildman–Crippen LogP) is -0.425. The minimum absolute atomic E-state index is 0.0658. The molecule has 0 unspecified atom stereocenters. The van der Waals surface area contributed by atoms with Crippen molar-refractivity contribution < 1.29 is 44.2 Å². The second-order valence-corrected chi connectivity index (χ2v) is 7.59. The van der Waals surface area contributed by atoms with Gasteiger partial charge in [0.1, 0.15) is 31.0 Å². The number of thioether (sulfide) groups is 1. The standard InChI is InChI=1S/C17H30O9S/c1-3-4-5-6-13(20)24-8-11(7-18)25-17-16(23)15(22)14(21)12(26-17)9-27-10(2)19/h11-12,14-18,21-23H,3-9H2,1-2H3/t11-,12+,14+,15-,16+,17+/m0/s1. The summed E-state index contributed by atoms with van der Waals surface area (Å²) in [7, 11) is 0. The van der Waals surface area contributed by atoms with E-state index in [1.54, 1.807) is 0 Å². The molecule has 0 aromatic rings. The van der Waals surface area contributed by atoms with E-state index in [9.17, 15) is 30.0 Å². The first-order valence-electron chi connectivity index (χ1n) is 9.05. The van der Waals surface area contributed by atoms with Crippen molar-refractivity contribution in [3.8, 4) is 0 Å². The lowest BCUT2D eigenvalue weighted by Crippen LogP contribution is -2.59. The highest BCUT2D eigenvalue weighted by molar-refractivity contribution is 8.13. The SMILES string of the molecule is CCCCCC(=O)OC[C@H](CO)O[C@@H]1O[C@H](CSC(C)=O)[C@@H](O)[C@H](O)[C@H]1O. The van der Waals surface area contributed by atoms with Gasteiger partial charge in [-0.3, -0.25) is 9.59 Å². The van der Waals surface area contributed by atoms with Gasteiger partial charge >= 0.3 is 5.97 Å². The van der Waals surface area contributed by atoms with Crippen molar-refractivity contribution in [3.63, 3.8) is 0 Å². The quantitative estimate of drug-likeness (QED) is 0.262. The Morgan fingerprint density at radius 2 is 1.85 bits per heavy atom. The van der Waals surface area contributed by atoms with Crippen LogP contribution in [-0.2, 0) is 23.8 Å². The van der Waals surface area contributed by atoms with E-state index >= 15 is 0 Å². The maximum absolute atomic E-state index is 11.6. The Bertz CT molecular complexity index is 462. The lowest BCUT2D eigenvalue weighted by atomic mass is 10.00. The van der Waals surface area contributed by atoms with E-state index in [1.807, 2.05) is 6.92 Å². The lowest BCUT2D eigenvalue weighted by Gasteiger charge is -2.41. The Labute approximate surface area is 163 Å². The highest BCUT2D eigenvalue weighted by Crippen LogP contribution is 2.25. The molecule has 0 aromatic heterocycles. The zero-order valence-electron chi connectivity index (χ0n) is 15.7. The molecule has 0 bridgehead atoms. The van der Waals surface area contributed by atoms with Crippen LogP contribution in [0.1, 0.15) is 39.5 Å². The third-order valence-electron chi connectivity index (χ3n) is 4.06. The van der Waals surface area contributed by atoms with Gasteiger partial charge in [0.15, 0.2) is 11.4 Å². The van der Waals surface area contributed by atoms with Crippen molar-refractivity contribution in [2.24, 2.45) is 0 Å². The first-order valence-corrected chi connectivity index (χ1v) is 10.0. The van der Waals surface area contributed by atoms with Crippen LogP contribution in [0.5, 0.6) is 0 Å². The third kappa shape index (κ3) is 8.43. The summed E-state index contributed by atoms with van der Waals surface area (Å²) in [5.41, 5.74) is 0. The zero-order chi connectivity index (χ0) is 20.4. The summed E-state index contributed by atoms with van der Waals surface area (Å²) in [5, 5.41) is 39.2. The van der Waals surface area contributed by atoms with Crippen LogP contribution in [0.3, 0.4) is 0 Å².